The SMILES string of the molecule is CCn1nc(C)c(Cl)c1CN1CC(C)NCC1(C)CC. The van der Waals surface area contributed by atoms with Crippen LogP contribution in [0, 0.1) is 6.92 Å². The molecule has 2 unspecified atom stereocenters. The molecule has 1 N–H and O–H groups in total. The Hall–Kier alpha value is -0.580. The van der Waals surface area contributed by atoms with Gasteiger partial charge < -0.3 is 5.32 Å². The normalized spacial score (nSPS) is 28.0. The number of hydrogen-bond donors (Lipinski definition) is 1. The lowest BCUT2D eigenvalue weighted by Crippen LogP contribution is -2.62. The zero-order valence-electron chi connectivity index (χ0n) is 13.3. The highest BCUT2D eigenvalue weighted by atomic mass is 35.5. The number of hydrogen-bond acceptors (Lipinski definition) is 3. The molecular formula is C15H27ClN4. The molecule has 0 radical (unpaired) electrons. The molecule has 4 nitrogen and oxygen atoms in total. The minimum absolute atomic E-state index is 0.187. The smallest absolute Gasteiger partial charge is 0.0860 e. The average Bonchev–Trinajstić information content (AvgIpc) is 2.70. The summed E-state index contributed by atoms with van der Waals surface area (Å²) in [6.07, 6.45) is 1.13. The molecule has 20 heavy (non-hydrogen) atoms. The molecule has 0 spiro atoms. The fourth-order valence-corrected chi connectivity index (χ4v) is 3.12. The first-order valence-electron chi connectivity index (χ1n) is 7.61. The average molecular weight is 299 g/mol. The van der Waals surface area contributed by atoms with E-state index in [0.717, 1.165) is 49.0 Å². The van der Waals surface area contributed by atoms with E-state index in [0.29, 0.717) is 6.04 Å². The van der Waals surface area contributed by atoms with Crippen LogP contribution in [0.2, 0.25) is 5.02 Å². The van der Waals surface area contributed by atoms with Crippen molar-refractivity contribution >= 4 is 11.6 Å². The van der Waals surface area contributed by atoms with Crippen molar-refractivity contribution in [2.24, 2.45) is 0 Å². The quantitative estimate of drug-likeness (QED) is 0.928. The van der Waals surface area contributed by atoms with Crippen LogP contribution in [0.4, 0.5) is 0 Å². The molecule has 1 aliphatic heterocycles. The maximum absolute atomic E-state index is 6.46. The number of nitrogens with one attached hydrogen (secondary N) is 1. The Morgan fingerprint density at radius 2 is 2.15 bits per heavy atom. The molecule has 2 rings (SSSR count). The minimum Gasteiger partial charge on any atom is -0.311 e. The van der Waals surface area contributed by atoms with E-state index < -0.39 is 0 Å². The third-order valence-electron chi connectivity index (χ3n) is 4.64. The predicted octanol–water partition coefficient (Wildman–Crippen LogP) is 2.83. The Kier molecular flexibility index (Phi) is 4.77. The number of aromatic nitrogens is 2. The van der Waals surface area contributed by atoms with Gasteiger partial charge in [0.25, 0.3) is 0 Å². The molecule has 1 saturated heterocycles. The Balaban J connectivity index is 2.27. The van der Waals surface area contributed by atoms with Crippen molar-refractivity contribution in [3.63, 3.8) is 0 Å². The predicted molar refractivity (Wildman–Crippen MR) is 84.2 cm³/mol. The lowest BCUT2D eigenvalue weighted by atomic mass is 9.92. The Bertz CT molecular complexity index is 471. The second-order valence-corrected chi connectivity index (χ2v) is 6.55. The Morgan fingerprint density at radius 3 is 2.75 bits per heavy atom. The van der Waals surface area contributed by atoms with Crippen molar-refractivity contribution in [2.45, 2.75) is 65.7 Å². The van der Waals surface area contributed by atoms with Gasteiger partial charge in [-0.15, -0.1) is 0 Å². The van der Waals surface area contributed by atoms with Gasteiger partial charge in [-0.1, -0.05) is 18.5 Å². The van der Waals surface area contributed by atoms with Crippen molar-refractivity contribution in [1.29, 1.82) is 0 Å². The van der Waals surface area contributed by atoms with Crippen molar-refractivity contribution < 1.29 is 0 Å². The summed E-state index contributed by atoms with van der Waals surface area (Å²) in [5.41, 5.74) is 2.28. The molecule has 1 fully saturated rings. The highest BCUT2D eigenvalue weighted by molar-refractivity contribution is 6.31. The van der Waals surface area contributed by atoms with E-state index in [-0.39, 0.29) is 5.54 Å². The molecule has 1 aromatic heterocycles. The molecule has 0 bridgehead atoms. The van der Waals surface area contributed by atoms with Crippen LogP contribution in [0.15, 0.2) is 0 Å². The largest absolute Gasteiger partial charge is 0.311 e. The Labute approximate surface area is 127 Å². The lowest BCUT2D eigenvalue weighted by molar-refractivity contribution is 0.0430. The van der Waals surface area contributed by atoms with Gasteiger partial charge in [0.15, 0.2) is 0 Å². The summed E-state index contributed by atoms with van der Waals surface area (Å²) >= 11 is 6.46. The van der Waals surface area contributed by atoms with Crippen molar-refractivity contribution in [2.75, 3.05) is 13.1 Å². The maximum Gasteiger partial charge on any atom is 0.0860 e. The van der Waals surface area contributed by atoms with E-state index in [1.54, 1.807) is 0 Å². The van der Waals surface area contributed by atoms with Gasteiger partial charge in [-0.2, -0.15) is 5.10 Å². The fourth-order valence-electron chi connectivity index (χ4n) is 2.93. The summed E-state index contributed by atoms with van der Waals surface area (Å²) in [5, 5.41) is 8.95. The van der Waals surface area contributed by atoms with Crippen LogP contribution in [0.1, 0.15) is 45.5 Å². The zero-order valence-corrected chi connectivity index (χ0v) is 14.1. The van der Waals surface area contributed by atoms with Crippen LogP contribution in [0.3, 0.4) is 0 Å². The topological polar surface area (TPSA) is 33.1 Å². The first-order chi connectivity index (χ1) is 9.41. The van der Waals surface area contributed by atoms with Gasteiger partial charge in [-0.25, -0.2) is 0 Å². The molecule has 0 amide bonds. The summed E-state index contributed by atoms with van der Waals surface area (Å²) in [4.78, 5) is 2.56. The van der Waals surface area contributed by atoms with Crippen LogP contribution in [0.25, 0.3) is 0 Å². The number of rotatable bonds is 4. The van der Waals surface area contributed by atoms with Crippen LogP contribution < -0.4 is 5.32 Å². The van der Waals surface area contributed by atoms with Gasteiger partial charge in [0.2, 0.25) is 0 Å². The monoisotopic (exact) mass is 298 g/mol. The van der Waals surface area contributed by atoms with Gasteiger partial charge in [-0.05, 0) is 34.1 Å². The lowest BCUT2D eigenvalue weighted by Gasteiger charge is -2.47. The van der Waals surface area contributed by atoms with E-state index >= 15 is 0 Å². The van der Waals surface area contributed by atoms with Crippen LogP contribution in [-0.4, -0.2) is 39.4 Å². The molecule has 2 atom stereocenters. The molecule has 0 saturated carbocycles. The van der Waals surface area contributed by atoms with E-state index in [1.807, 2.05) is 11.6 Å². The molecule has 2 heterocycles. The van der Waals surface area contributed by atoms with E-state index in [9.17, 15) is 0 Å². The molecule has 114 valence electrons. The maximum atomic E-state index is 6.46. The van der Waals surface area contributed by atoms with Gasteiger partial charge in [0.05, 0.1) is 16.4 Å². The molecule has 0 aliphatic carbocycles. The molecule has 5 heteroatoms. The summed E-state index contributed by atoms with van der Waals surface area (Å²) < 4.78 is 2.04. The summed E-state index contributed by atoms with van der Waals surface area (Å²) in [5.74, 6) is 0. The summed E-state index contributed by atoms with van der Waals surface area (Å²) in [6.45, 7) is 14.8. The summed E-state index contributed by atoms with van der Waals surface area (Å²) in [7, 11) is 0. The molecular weight excluding hydrogens is 272 g/mol. The number of nitrogens with zero attached hydrogens (tertiary/aromatic N) is 3. The fraction of sp³-hybridized carbons (Fsp3) is 0.800. The van der Waals surface area contributed by atoms with Crippen LogP contribution >= 0.6 is 11.6 Å². The van der Waals surface area contributed by atoms with Crippen molar-refractivity contribution in [1.82, 2.24) is 20.0 Å². The second-order valence-electron chi connectivity index (χ2n) is 6.17. The number of aryl methyl sites for hydroxylation is 2. The van der Waals surface area contributed by atoms with Gasteiger partial charge >= 0.3 is 0 Å². The summed E-state index contributed by atoms with van der Waals surface area (Å²) in [6, 6.07) is 0.521. The molecule has 1 aliphatic rings. The van der Waals surface area contributed by atoms with Gasteiger partial charge in [-0.3, -0.25) is 9.58 Å². The van der Waals surface area contributed by atoms with E-state index in [4.69, 9.17) is 11.6 Å². The Morgan fingerprint density at radius 1 is 1.45 bits per heavy atom. The standard InChI is InChI=1S/C15H27ClN4/c1-6-15(5)10-17-11(3)8-19(15)9-13-14(16)12(4)18-20(13)7-2/h11,17H,6-10H2,1-5H3. The third kappa shape index (κ3) is 2.87. The highest BCUT2D eigenvalue weighted by Crippen LogP contribution is 2.28. The minimum atomic E-state index is 0.187. The van der Waals surface area contributed by atoms with E-state index in [2.05, 4.69) is 43.0 Å². The number of piperazine rings is 1. The van der Waals surface area contributed by atoms with Gasteiger partial charge in [0, 0.05) is 37.8 Å². The second kappa shape index (κ2) is 6.04. The third-order valence-corrected chi connectivity index (χ3v) is 5.14. The van der Waals surface area contributed by atoms with Crippen LogP contribution in [0.5, 0.6) is 0 Å². The van der Waals surface area contributed by atoms with E-state index in [1.165, 1.54) is 0 Å². The number of halogens is 1. The molecule has 1 aromatic rings. The van der Waals surface area contributed by atoms with Crippen molar-refractivity contribution in [3.05, 3.63) is 16.4 Å². The molecule has 0 aromatic carbocycles. The van der Waals surface area contributed by atoms with Crippen molar-refractivity contribution in [3.8, 4) is 0 Å². The first kappa shape index (κ1) is 15.8. The van der Waals surface area contributed by atoms with Crippen LogP contribution in [-0.2, 0) is 13.1 Å². The highest BCUT2D eigenvalue weighted by Gasteiger charge is 2.36. The first-order valence-corrected chi connectivity index (χ1v) is 7.99. The zero-order chi connectivity index (χ0) is 14.9. The van der Waals surface area contributed by atoms with Gasteiger partial charge in [0.1, 0.15) is 0 Å².